The van der Waals surface area contributed by atoms with E-state index in [1.807, 2.05) is 6.26 Å². The van der Waals surface area contributed by atoms with Gasteiger partial charge in [-0.15, -0.1) is 0 Å². The van der Waals surface area contributed by atoms with Crippen LogP contribution in [0.4, 0.5) is 4.79 Å². The van der Waals surface area contributed by atoms with Crippen molar-refractivity contribution >= 4 is 28.0 Å². The highest BCUT2D eigenvalue weighted by atomic mass is 32.2. The number of hydrogen-bond acceptors (Lipinski definition) is 3. The molecule has 3 heteroatoms. The molecule has 1 rings (SSSR count). The molecule has 0 aliphatic heterocycles. The van der Waals surface area contributed by atoms with E-state index in [-0.39, 0.29) is 4.45 Å². The fourth-order valence-corrected chi connectivity index (χ4v) is 3.67. The highest BCUT2D eigenvalue weighted by Crippen LogP contribution is 2.33. The van der Waals surface area contributed by atoms with Gasteiger partial charge in [0.25, 0.3) is 0 Å². The Hall–Kier alpha value is 0.110. The van der Waals surface area contributed by atoms with Gasteiger partial charge in [-0.05, 0) is 30.9 Å². The highest BCUT2D eigenvalue weighted by molar-refractivity contribution is 8.38. The standard InChI is InChI=1S/C14H24OS2/c1-11(2)9-13(10-17-14(15)16-3)12-7-5-4-6-8-12/h9,11-12H,4-8,10H2,1-3H3/b13-9-. The van der Waals surface area contributed by atoms with Crippen molar-refractivity contribution in [3.05, 3.63) is 11.6 Å². The summed E-state index contributed by atoms with van der Waals surface area (Å²) >= 11 is 2.81. The fourth-order valence-electron chi connectivity index (χ4n) is 2.40. The van der Waals surface area contributed by atoms with Gasteiger partial charge in [-0.25, -0.2) is 0 Å². The summed E-state index contributed by atoms with van der Waals surface area (Å²) in [5.74, 6) is 2.24. The molecule has 0 aromatic rings. The first-order valence-electron chi connectivity index (χ1n) is 6.54. The van der Waals surface area contributed by atoms with Crippen LogP contribution in [0.3, 0.4) is 0 Å². The first-order valence-corrected chi connectivity index (χ1v) is 8.76. The molecule has 1 nitrogen and oxygen atoms in total. The minimum absolute atomic E-state index is 0.246. The zero-order chi connectivity index (χ0) is 12.7. The molecular weight excluding hydrogens is 248 g/mol. The maximum absolute atomic E-state index is 11.4. The lowest BCUT2D eigenvalue weighted by atomic mass is 9.83. The maximum atomic E-state index is 11.4. The molecule has 98 valence electrons. The van der Waals surface area contributed by atoms with Crippen molar-refractivity contribution in [3.8, 4) is 0 Å². The lowest BCUT2D eigenvalue weighted by Gasteiger charge is -2.25. The average molecular weight is 272 g/mol. The predicted octanol–water partition coefficient (Wildman–Crippen LogP) is 5.37. The van der Waals surface area contributed by atoms with Crippen LogP contribution in [0.25, 0.3) is 0 Å². The molecule has 0 heterocycles. The van der Waals surface area contributed by atoms with Crippen molar-refractivity contribution in [1.82, 2.24) is 0 Å². The molecule has 1 fully saturated rings. The third kappa shape index (κ3) is 6.01. The van der Waals surface area contributed by atoms with Gasteiger partial charge in [0.2, 0.25) is 4.45 Å². The minimum Gasteiger partial charge on any atom is -0.274 e. The van der Waals surface area contributed by atoms with E-state index in [9.17, 15) is 4.79 Å². The summed E-state index contributed by atoms with van der Waals surface area (Å²) in [6, 6.07) is 0. The molecule has 0 amide bonds. The molecule has 0 N–H and O–H groups in total. The zero-order valence-electron chi connectivity index (χ0n) is 11.2. The van der Waals surface area contributed by atoms with E-state index in [4.69, 9.17) is 0 Å². The molecule has 17 heavy (non-hydrogen) atoms. The van der Waals surface area contributed by atoms with E-state index < -0.39 is 0 Å². The maximum Gasteiger partial charge on any atom is 0.246 e. The SMILES string of the molecule is CSC(=O)SC/C(=C/C(C)C)C1CCCCC1. The van der Waals surface area contributed by atoms with Gasteiger partial charge >= 0.3 is 0 Å². The molecule has 1 saturated carbocycles. The monoisotopic (exact) mass is 272 g/mol. The first kappa shape index (κ1) is 15.2. The highest BCUT2D eigenvalue weighted by Gasteiger charge is 2.18. The lowest BCUT2D eigenvalue weighted by molar-refractivity contribution is 0.276. The Labute approximate surface area is 114 Å². The summed E-state index contributed by atoms with van der Waals surface area (Å²) in [6.45, 7) is 4.45. The molecule has 0 radical (unpaired) electrons. The van der Waals surface area contributed by atoms with Crippen LogP contribution in [0.5, 0.6) is 0 Å². The summed E-state index contributed by atoms with van der Waals surface area (Å²) in [5.41, 5.74) is 1.52. The summed E-state index contributed by atoms with van der Waals surface area (Å²) in [7, 11) is 0. The van der Waals surface area contributed by atoms with Gasteiger partial charge in [-0.3, -0.25) is 4.79 Å². The van der Waals surface area contributed by atoms with Crippen molar-refractivity contribution in [2.45, 2.75) is 46.0 Å². The summed E-state index contributed by atoms with van der Waals surface area (Å²) in [6.07, 6.45) is 11.0. The fraction of sp³-hybridized carbons (Fsp3) is 0.786. The van der Waals surface area contributed by atoms with Gasteiger partial charge < -0.3 is 0 Å². The summed E-state index contributed by atoms with van der Waals surface area (Å²) in [4.78, 5) is 11.4. The van der Waals surface area contributed by atoms with Gasteiger partial charge in [-0.2, -0.15) is 0 Å². The second-order valence-corrected chi connectivity index (χ2v) is 7.05. The van der Waals surface area contributed by atoms with E-state index in [0.717, 1.165) is 11.7 Å². The van der Waals surface area contributed by atoms with Gasteiger partial charge in [0.1, 0.15) is 0 Å². The third-order valence-corrected chi connectivity index (χ3v) is 5.10. The third-order valence-electron chi connectivity index (χ3n) is 3.20. The summed E-state index contributed by atoms with van der Waals surface area (Å²) < 4.78 is 0.246. The number of carbonyl (C=O) groups excluding carboxylic acids is 1. The van der Waals surface area contributed by atoms with Crippen LogP contribution in [0.15, 0.2) is 11.6 Å². The molecule has 0 aromatic heterocycles. The van der Waals surface area contributed by atoms with E-state index in [2.05, 4.69) is 19.9 Å². The van der Waals surface area contributed by atoms with Crippen LogP contribution in [-0.2, 0) is 0 Å². The normalized spacial score (nSPS) is 18.7. The van der Waals surface area contributed by atoms with E-state index in [1.54, 1.807) is 0 Å². The van der Waals surface area contributed by atoms with Gasteiger partial charge in [0.15, 0.2) is 0 Å². The van der Waals surface area contributed by atoms with Crippen molar-refractivity contribution in [2.24, 2.45) is 11.8 Å². The van der Waals surface area contributed by atoms with Crippen LogP contribution < -0.4 is 0 Å². The quantitative estimate of drug-likeness (QED) is 0.641. The van der Waals surface area contributed by atoms with E-state index >= 15 is 0 Å². The Morgan fingerprint density at radius 2 is 1.94 bits per heavy atom. The van der Waals surface area contributed by atoms with Crippen molar-refractivity contribution in [1.29, 1.82) is 0 Å². The number of thioether (sulfide) groups is 2. The van der Waals surface area contributed by atoms with Crippen LogP contribution in [-0.4, -0.2) is 16.5 Å². The number of carbonyl (C=O) groups is 1. The number of hydrogen-bond donors (Lipinski definition) is 0. The molecule has 1 aliphatic rings. The van der Waals surface area contributed by atoms with Gasteiger partial charge in [0.05, 0.1) is 0 Å². The van der Waals surface area contributed by atoms with E-state index in [1.165, 1.54) is 61.2 Å². The number of allylic oxidation sites excluding steroid dienone is 1. The molecule has 0 atom stereocenters. The smallest absolute Gasteiger partial charge is 0.246 e. The predicted molar refractivity (Wildman–Crippen MR) is 80.9 cm³/mol. The Morgan fingerprint density at radius 3 is 2.47 bits per heavy atom. The van der Waals surface area contributed by atoms with Gasteiger partial charge in [-0.1, -0.05) is 68.3 Å². The van der Waals surface area contributed by atoms with E-state index in [0.29, 0.717) is 5.92 Å². The summed E-state index contributed by atoms with van der Waals surface area (Å²) in [5, 5.41) is 0. The van der Waals surface area contributed by atoms with Crippen LogP contribution in [0.2, 0.25) is 0 Å². The Bertz CT molecular complexity index is 265. The Morgan fingerprint density at radius 1 is 1.29 bits per heavy atom. The van der Waals surface area contributed by atoms with Crippen molar-refractivity contribution in [3.63, 3.8) is 0 Å². The van der Waals surface area contributed by atoms with Crippen LogP contribution in [0.1, 0.15) is 46.0 Å². The first-order chi connectivity index (χ1) is 8.13. The largest absolute Gasteiger partial charge is 0.274 e. The second-order valence-electron chi connectivity index (χ2n) is 5.06. The average Bonchev–Trinajstić information content (AvgIpc) is 2.34. The van der Waals surface area contributed by atoms with Crippen molar-refractivity contribution in [2.75, 3.05) is 12.0 Å². The molecule has 0 bridgehead atoms. The van der Waals surface area contributed by atoms with Crippen LogP contribution >= 0.6 is 23.5 Å². The topological polar surface area (TPSA) is 17.1 Å². The molecule has 1 aliphatic carbocycles. The Kier molecular flexibility index (Phi) is 7.36. The molecule has 0 aromatic carbocycles. The van der Waals surface area contributed by atoms with Gasteiger partial charge in [0, 0.05) is 5.75 Å². The van der Waals surface area contributed by atoms with Crippen molar-refractivity contribution < 1.29 is 4.79 Å². The zero-order valence-corrected chi connectivity index (χ0v) is 12.8. The molecule has 0 spiro atoms. The number of rotatable bonds is 4. The second kappa shape index (κ2) is 8.25. The Balaban J connectivity index is 2.56. The minimum atomic E-state index is 0.246. The molecule has 0 unspecified atom stereocenters. The molecular formula is C14H24OS2. The molecule has 0 saturated heterocycles. The van der Waals surface area contributed by atoms with Crippen LogP contribution in [0, 0.1) is 11.8 Å². The lowest BCUT2D eigenvalue weighted by Crippen LogP contribution is -2.12.